The fourth-order valence-corrected chi connectivity index (χ4v) is 2.48. The topological polar surface area (TPSA) is 59.6 Å². The lowest BCUT2D eigenvalue weighted by molar-refractivity contribution is -0.116. The molecule has 2 aromatic carbocycles. The molecule has 25 heavy (non-hydrogen) atoms. The molecule has 0 heterocycles. The van der Waals surface area contributed by atoms with Crippen LogP contribution in [0.2, 0.25) is 5.02 Å². The van der Waals surface area contributed by atoms with Crippen molar-refractivity contribution in [3.8, 4) is 11.5 Å². The number of benzene rings is 2. The lowest BCUT2D eigenvalue weighted by Gasteiger charge is -2.19. The largest absolute Gasteiger partial charge is 0.493 e. The van der Waals surface area contributed by atoms with Crippen molar-refractivity contribution >= 4 is 28.9 Å². The van der Waals surface area contributed by atoms with Crippen molar-refractivity contribution in [2.45, 2.75) is 19.9 Å². The quantitative estimate of drug-likeness (QED) is 0.802. The Balaban J connectivity index is 2.13. The van der Waals surface area contributed by atoms with Gasteiger partial charge in [0.05, 0.1) is 24.9 Å². The van der Waals surface area contributed by atoms with Gasteiger partial charge in [0.1, 0.15) is 11.9 Å². The van der Waals surface area contributed by atoms with Crippen LogP contribution in [-0.4, -0.2) is 26.2 Å². The minimum absolute atomic E-state index is 0.142. The van der Waals surface area contributed by atoms with Gasteiger partial charge >= 0.3 is 0 Å². The van der Waals surface area contributed by atoms with E-state index in [1.54, 1.807) is 27.2 Å². The molecule has 2 rings (SSSR count). The fourth-order valence-electron chi connectivity index (χ4n) is 2.27. The number of ether oxygens (including phenoxy) is 2. The molecule has 1 amide bonds. The second-order valence-corrected chi connectivity index (χ2v) is 5.91. The van der Waals surface area contributed by atoms with Crippen LogP contribution in [0.25, 0.3) is 0 Å². The molecule has 0 aliphatic carbocycles. The van der Waals surface area contributed by atoms with Gasteiger partial charge in [-0.05, 0) is 43.7 Å². The first-order valence-electron chi connectivity index (χ1n) is 7.60. The third kappa shape index (κ3) is 4.54. The highest BCUT2D eigenvalue weighted by Gasteiger charge is 2.17. The minimum Gasteiger partial charge on any atom is -0.493 e. The summed E-state index contributed by atoms with van der Waals surface area (Å²) in [5.41, 5.74) is 1.99. The molecule has 0 aliphatic rings. The molecule has 1 unspecified atom stereocenters. The number of hydrogen-bond donors (Lipinski definition) is 2. The van der Waals surface area contributed by atoms with E-state index in [1.165, 1.54) is 12.1 Å². The van der Waals surface area contributed by atoms with Crippen LogP contribution in [0.4, 0.5) is 15.8 Å². The third-order valence-electron chi connectivity index (χ3n) is 3.68. The number of aryl methyl sites for hydroxylation is 1. The molecule has 7 heteroatoms. The molecule has 0 bridgehead atoms. The van der Waals surface area contributed by atoms with Gasteiger partial charge in [-0.25, -0.2) is 4.39 Å². The van der Waals surface area contributed by atoms with Crippen LogP contribution in [0.3, 0.4) is 0 Å². The molecule has 0 radical (unpaired) electrons. The van der Waals surface area contributed by atoms with E-state index in [9.17, 15) is 9.18 Å². The van der Waals surface area contributed by atoms with Gasteiger partial charge in [-0.3, -0.25) is 4.79 Å². The molecule has 0 saturated heterocycles. The lowest BCUT2D eigenvalue weighted by Crippen LogP contribution is -2.32. The maximum Gasteiger partial charge on any atom is 0.246 e. The summed E-state index contributed by atoms with van der Waals surface area (Å²) in [6.07, 6.45) is 0. The highest BCUT2D eigenvalue weighted by atomic mass is 35.5. The van der Waals surface area contributed by atoms with Gasteiger partial charge in [-0.15, -0.1) is 0 Å². The van der Waals surface area contributed by atoms with E-state index < -0.39 is 11.9 Å². The fraction of sp³-hybridized carbons (Fsp3) is 0.278. The third-order valence-corrected chi connectivity index (χ3v) is 4.00. The summed E-state index contributed by atoms with van der Waals surface area (Å²) in [5, 5.41) is 5.94. The van der Waals surface area contributed by atoms with Gasteiger partial charge in [-0.2, -0.15) is 0 Å². The Hall–Kier alpha value is -2.47. The zero-order chi connectivity index (χ0) is 18.6. The van der Waals surface area contributed by atoms with Gasteiger partial charge in [0.2, 0.25) is 5.91 Å². The van der Waals surface area contributed by atoms with Crippen LogP contribution in [0, 0.1) is 12.7 Å². The van der Waals surface area contributed by atoms with Crippen LogP contribution in [0.5, 0.6) is 11.5 Å². The normalized spacial score (nSPS) is 11.6. The number of nitrogens with one attached hydrogen (secondary N) is 2. The molecule has 0 aromatic heterocycles. The van der Waals surface area contributed by atoms with E-state index >= 15 is 0 Å². The van der Waals surface area contributed by atoms with Crippen molar-refractivity contribution < 1.29 is 18.7 Å². The van der Waals surface area contributed by atoms with Gasteiger partial charge in [0.15, 0.2) is 11.5 Å². The number of amides is 1. The standard InChI is InChI=1S/C18H20ClFN2O3/c1-10-7-16(24-3)17(25-4)9-15(10)21-11(2)18(23)22-14-6-5-12(20)8-13(14)19/h5-9,11,21H,1-4H3,(H,22,23). The molecule has 5 nitrogen and oxygen atoms in total. The predicted octanol–water partition coefficient (Wildman–Crippen LogP) is 4.24. The zero-order valence-electron chi connectivity index (χ0n) is 14.4. The van der Waals surface area contributed by atoms with E-state index in [0.717, 1.165) is 17.3 Å². The molecule has 0 saturated carbocycles. The first kappa shape index (κ1) is 18.9. The number of anilines is 2. The van der Waals surface area contributed by atoms with Crippen molar-refractivity contribution in [1.29, 1.82) is 0 Å². The number of rotatable bonds is 6. The Kier molecular flexibility index (Phi) is 6.09. The monoisotopic (exact) mass is 366 g/mol. The van der Waals surface area contributed by atoms with Gasteiger partial charge in [0, 0.05) is 11.8 Å². The molecule has 2 N–H and O–H groups in total. The summed E-state index contributed by atoms with van der Waals surface area (Å²) >= 11 is 5.93. The molecule has 134 valence electrons. The molecule has 0 spiro atoms. The maximum absolute atomic E-state index is 13.1. The highest BCUT2D eigenvalue weighted by molar-refractivity contribution is 6.33. The van der Waals surface area contributed by atoms with E-state index in [2.05, 4.69) is 10.6 Å². The van der Waals surface area contributed by atoms with Gasteiger partial charge < -0.3 is 20.1 Å². The first-order chi connectivity index (χ1) is 11.8. The SMILES string of the molecule is COc1cc(C)c(NC(C)C(=O)Nc2ccc(F)cc2Cl)cc1OC. The average molecular weight is 367 g/mol. The summed E-state index contributed by atoms with van der Waals surface area (Å²) in [6, 6.07) is 6.83. The molecule has 0 fully saturated rings. The maximum atomic E-state index is 13.1. The highest BCUT2D eigenvalue weighted by Crippen LogP contribution is 2.33. The number of methoxy groups -OCH3 is 2. The van der Waals surface area contributed by atoms with E-state index in [0.29, 0.717) is 17.2 Å². The average Bonchev–Trinajstić information content (AvgIpc) is 2.58. The second kappa shape index (κ2) is 8.07. The van der Waals surface area contributed by atoms with Gasteiger partial charge in [-0.1, -0.05) is 11.6 Å². The Morgan fingerprint density at radius 1 is 1.12 bits per heavy atom. The number of hydrogen-bond acceptors (Lipinski definition) is 4. The Bertz CT molecular complexity index is 783. The van der Waals surface area contributed by atoms with Crippen molar-refractivity contribution in [3.63, 3.8) is 0 Å². The summed E-state index contributed by atoms with van der Waals surface area (Å²) in [4.78, 5) is 12.4. The summed E-state index contributed by atoms with van der Waals surface area (Å²) in [5.74, 6) is 0.406. The molecule has 0 aliphatic heterocycles. The molecular weight excluding hydrogens is 347 g/mol. The predicted molar refractivity (Wildman–Crippen MR) is 97.4 cm³/mol. The van der Waals surface area contributed by atoms with Crippen molar-refractivity contribution in [3.05, 3.63) is 46.7 Å². The molecule has 2 aromatic rings. The zero-order valence-corrected chi connectivity index (χ0v) is 15.2. The smallest absolute Gasteiger partial charge is 0.246 e. The van der Waals surface area contributed by atoms with Crippen LogP contribution >= 0.6 is 11.6 Å². The summed E-state index contributed by atoms with van der Waals surface area (Å²) in [7, 11) is 3.11. The number of halogens is 2. The van der Waals surface area contributed by atoms with E-state index in [1.807, 2.05) is 13.0 Å². The minimum atomic E-state index is -0.557. The molecule has 1 atom stereocenters. The summed E-state index contributed by atoms with van der Waals surface area (Å²) in [6.45, 7) is 3.61. The second-order valence-electron chi connectivity index (χ2n) is 5.50. The molecular formula is C18H20ClFN2O3. The number of carbonyl (C=O) groups excluding carboxylic acids is 1. The van der Waals surface area contributed by atoms with Crippen LogP contribution in [0.15, 0.2) is 30.3 Å². The Morgan fingerprint density at radius 2 is 1.76 bits per heavy atom. The summed E-state index contributed by atoms with van der Waals surface area (Å²) < 4.78 is 23.6. The van der Waals surface area contributed by atoms with Crippen LogP contribution < -0.4 is 20.1 Å². The van der Waals surface area contributed by atoms with Crippen LogP contribution in [0.1, 0.15) is 12.5 Å². The Labute approximate surface area is 151 Å². The van der Waals surface area contributed by atoms with Crippen molar-refractivity contribution in [1.82, 2.24) is 0 Å². The van der Waals surface area contributed by atoms with Gasteiger partial charge in [0.25, 0.3) is 0 Å². The van der Waals surface area contributed by atoms with E-state index in [-0.39, 0.29) is 10.9 Å². The first-order valence-corrected chi connectivity index (χ1v) is 7.98. The van der Waals surface area contributed by atoms with Crippen molar-refractivity contribution in [2.75, 3.05) is 24.9 Å². The van der Waals surface area contributed by atoms with Crippen molar-refractivity contribution in [2.24, 2.45) is 0 Å². The van der Waals surface area contributed by atoms with Crippen LogP contribution in [-0.2, 0) is 4.79 Å². The Morgan fingerprint density at radius 3 is 2.36 bits per heavy atom. The number of carbonyl (C=O) groups is 1. The van der Waals surface area contributed by atoms with E-state index in [4.69, 9.17) is 21.1 Å². The lowest BCUT2D eigenvalue weighted by atomic mass is 10.1.